The summed E-state index contributed by atoms with van der Waals surface area (Å²) >= 11 is 0. The quantitative estimate of drug-likeness (QED) is 0.212. The second kappa shape index (κ2) is 10.9. The van der Waals surface area contributed by atoms with E-state index in [-0.39, 0.29) is 35.3 Å². The van der Waals surface area contributed by atoms with Crippen molar-refractivity contribution in [1.29, 1.82) is 0 Å². The second-order valence-corrected chi connectivity index (χ2v) is 7.74. The average Bonchev–Trinajstić information content (AvgIpc) is 3.37. The van der Waals surface area contributed by atoms with Crippen LogP contribution in [0.1, 0.15) is 16.1 Å². The molecule has 0 fully saturated rings. The number of aromatic nitrogens is 2. The highest BCUT2D eigenvalue weighted by Crippen LogP contribution is 2.32. The Morgan fingerprint density at radius 3 is 2.42 bits per heavy atom. The molecule has 0 unspecified atom stereocenters. The monoisotopic (exact) mass is 528 g/mol. The Morgan fingerprint density at radius 1 is 1.00 bits per heavy atom. The van der Waals surface area contributed by atoms with Crippen LogP contribution in [0.15, 0.2) is 79.0 Å². The van der Waals surface area contributed by atoms with Crippen molar-refractivity contribution in [3.05, 3.63) is 100 Å². The number of methoxy groups -OCH3 is 1. The highest BCUT2D eigenvalue weighted by atomic mass is 19.4. The van der Waals surface area contributed by atoms with Crippen LogP contribution in [0.25, 0.3) is 0 Å². The Hall–Kier alpha value is -5.07. The molecule has 1 amide bonds. The number of anilines is 1. The van der Waals surface area contributed by atoms with Gasteiger partial charge in [0.05, 0.1) is 29.4 Å². The highest BCUT2D eigenvalue weighted by molar-refractivity contribution is 6.03. The number of amides is 1. The predicted octanol–water partition coefficient (Wildman–Crippen LogP) is 5.90. The fourth-order valence-electron chi connectivity index (χ4n) is 3.25. The third kappa shape index (κ3) is 6.57. The number of nitro benzene ring substituents is 1. The third-order valence-corrected chi connectivity index (χ3v) is 5.05. The van der Waals surface area contributed by atoms with E-state index in [0.29, 0.717) is 11.5 Å². The first-order valence-electron chi connectivity index (χ1n) is 10.9. The molecular formula is C25H19F3N4O6. The molecule has 0 aliphatic carbocycles. The number of carbonyl (C=O) groups excluding carboxylic acids is 1. The van der Waals surface area contributed by atoms with Crippen LogP contribution in [0.3, 0.4) is 0 Å². The van der Waals surface area contributed by atoms with E-state index in [1.165, 1.54) is 48.3 Å². The molecule has 0 spiro atoms. The number of ether oxygens (including phenoxy) is 3. The van der Waals surface area contributed by atoms with Crippen LogP contribution < -0.4 is 19.5 Å². The first kappa shape index (κ1) is 26.0. The third-order valence-electron chi connectivity index (χ3n) is 5.05. The van der Waals surface area contributed by atoms with Crippen LogP contribution in [0.2, 0.25) is 0 Å². The molecular weight excluding hydrogens is 509 g/mol. The van der Waals surface area contributed by atoms with Gasteiger partial charge in [0.25, 0.3) is 11.6 Å². The van der Waals surface area contributed by atoms with E-state index in [1.54, 1.807) is 24.3 Å². The number of hydrogen-bond acceptors (Lipinski definition) is 7. The van der Waals surface area contributed by atoms with Crippen LogP contribution in [0.5, 0.6) is 23.0 Å². The molecule has 3 aromatic carbocycles. The van der Waals surface area contributed by atoms with Crippen molar-refractivity contribution in [2.75, 3.05) is 12.4 Å². The fourth-order valence-corrected chi connectivity index (χ4v) is 3.25. The lowest BCUT2D eigenvalue weighted by atomic mass is 10.2. The van der Waals surface area contributed by atoms with Gasteiger partial charge in [-0.05, 0) is 48.5 Å². The molecule has 0 saturated heterocycles. The van der Waals surface area contributed by atoms with Gasteiger partial charge in [-0.15, -0.1) is 0 Å². The fraction of sp³-hybridized carbons (Fsp3) is 0.120. The standard InChI is InChI=1S/C25H19F3N4O6/c1-36-19-5-7-20(8-6-19)38-22-13-17(12-18(14-22)32(34)35)29-24(33)23-9-10-31(30-23)15-37-21-4-2-3-16(11-21)25(26,27)28/h2-14H,15H2,1H3,(H,29,33). The summed E-state index contributed by atoms with van der Waals surface area (Å²) in [6.45, 7) is -0.259. The maximum absolute atomic E-state index is 12.9. The van der Waals surface area contributed by atoms with Crippen molar-refractivity contribution >= 4 is 17.3 Å². The van der Waals surface area contributed by atoms with E-state index in [0.717, 1.165) is 18.2 Å². The lowest BCUT2D eigenvalue weighted by Gasteiger charge is -2.10. The zero-order valence-corrected chi connectivity index (χ0v) is 19.6. The minimum absolute atomic E-state index is 0.0256. The Kier molecular flexibility index (Phi) is 7.46. The molecule has 4 rings (SSSR count). The van der Waals surface area contributed by atoms with Crippen molar-refractivity contribution in [2.24, 2.45) is 0 Å². The summed E-state index contributed by atoms with van der Waals surface area (Å²) in [5.41, 5.74) is -1.14. The van der Waals surface area contributed by atoms with Crippen molar-refractivity contribution in [1.82, 2.24) is 9.78 Å². The van der Waals surface area contributed by atoms with Gasteiger partial charge in [0.2, 0.25) is 0 Å². The number of nitro groups is 1. The van der Waals surface area contributed by atoms with Gasteiger partial charge in [0.15, 0.2) is 12.4 Å². The number of halogens is 3. The van der Waals surface area contributed by atoms with E-state index < -0.39 is 22.6 Å². The summed E-state index contributed by atoms with van der Waals surface area (Å²) < 4.78 is 55.9. The van der Waals surface area contributed by atoms with E-state index in [2.05, 4.69) is 10.4 Å². The summed E-state index contributed by atoms with van der Waals surface area (Å²) in [6.07, 6.45) is -3.11. The lowest BCUT2D eigenvalue weighted by Crippen LogP contribution is -2.14. The predicted molar refractivity (Wildman–Crippen MR) is 128 cm³/mol. The smallest absolute Gasteiger partial charge is 0.416 e. The molecule has 0 saturated carbocycles. The van der Waals surface area contributed by atoms with Crippen molar-refractivity contribution in [3.8, 4) is 23.0 Å². The van der Waals surface area contributed by atoms with Crippen molar-refractivity contribution < 1.29 is 37.1 Å². The summed E-state index contributed by atoms with van der Waals surface area (Å²) in [5, 5.41) is 18.0. The first-order valence-corrected chi connectivity index (χ1v) is 10.9. The Bertz CT molecular complexity index is 1450. The van der Waals surface area contributed by atoms with Gasteiger partial charge >= 0.3 is 6.18 Å². The topological polar surface area (TPSA) is 118 Å². The van der Waals surface area contributed by atoms with Crippen LogP contribution in [0.4, 0.5) is 24.5 Å². The molecule has 0 aliphatic rings. The molecule has 0 atom stereocenters. The molecule has 4 aromatic rings. The zero-order chi connectivity index (χ0) is 27.3. The van der Waals surface area contributed by atoms with Crippen molar-refractivity contribution in [3.63, 3.8) is 0 Å². The van der Waals surface area contributed by atoms with Crippen LogP contribution in [0, 0.1) is 10.1 Å². The Balaban J connectivity index is 1.44. The molecule has 1 heterocycles. The average molecular weight is 528 g/mol. The molecule has 1 aromatic heterocycles. The van der Waals surface area contributed by atoms with E-state index >= 15 is 0 Å². The number of nitrogens with zero attached hydrogens (tertiary/aromatic N) is 3. The summed E-state index contributed by atoms with van der Waals surface area (Å²) in [4.78, 5) is 23.5. The summed E-state index contributed by atoms with van der Waals surface area (Å²) in [6, 6.07) is 16.0. The van der Waals surface area contributed by atoms with Gasteiger partial charge in [0, 0.05) is 18.3 Å². The number of carbonyl (C=O) groups is 1. The van der Waals surface area contributed by atoms with Gasteiger partial charge in [-0.3, -0.25) is 14.9 Å². The molecule has 196 valence electrons. The number of alkyl halides is 3. The Morgan fingerprint density at radius 2 is 1.74 bits per heavy atom. The molecule has 10 nitrogen and oxygen atoms in total. The van der Waals surface area contributed by atoms with Crippen LogP contribution >= 0.6 is 0 Å². The molecule has 0 radical (unpaired) electrons. The number of rotatable bonds is 9. The zero-order valence-electron chi connectivity index (χ0n) is 19.6. The highest BCUT2D eigenvalue weighted by Gasteiger charge is 2.30. The molecule has 0 aliphatic heterocycles. The summed E-state index contributed by atoms with van der Waals surface area (Å²) in [7, 11) is 1.51. The van der Waals surface area contributed by atoms with E-state index in [4.69, 9.17) is 14.2 Å². The number of nitrogens with one attached hydrogen (secondary N) is 1. The van der Waals surface area contributed by atoms with E-state index in [9.17, 15) is 28.1 Å². The number of non-ortho nitro benzene ring substituents is 1. The Labute approximate surface area is 213 Å². The van der Waals surface area contributed by atoms with Crippen LogP contribution in [-0.2, 0) is 12.9 Å². The lowest BCUT2D eigenvalue weighted by molar-refractivity contribution is -0.384. The minimum Gasteiger partial charge on any atom is -0.497 e. The van der Waals surface area contributed by atoms with Gasteiger partial charge in [-0.25, -0.2) is 4.68 Å². The van der Waals surface area contributed by atoms with Crippen LogP contribution in [-0.4, -0.2) is 27.7 Å². The van der Waals surface area contributed by atoms with Gasteiger partial charge in [-0.1, -0.05) is 6.07 Å². The number of benzene rings is 3. The normalized spacial score (nSPS) is 11.1. The summed E-state index contributed by atoms with van der Waals surface area (Å²) in [5.74, 6) is 0.396. The first-order chi connectivity index (χ1) is 18.1. The SMILES string of the molecule is COc1ccc(Oc2cc(NC(=O)c3ccn(COc4cccc(C(F)(F)F)c4)n3)cc([N+](=O)[O-])c2)cc1. The molecule has 13 heteroatoms. The largest absolute Gasteiger partial charge is 0.497 e. The van der Waals surface area contributed by atoms with Gasteiger partial charge in [-0.2, -0.15) is 18.3 Å². The minimum atomic E-state index is -4.51. The van der Waals surface area contributed by atoms with Gasteiger partial charge in [0.1, 0.15) is 23.0 Å². The maximum Gasteiger partial charge on any atom is 0.416 e. The molecule has 38 heavy (non-hydrogen) atoms. The van der Waals surface area contributed by atoms with Gasteiger partial charge < -0.3 is 19.5 Å². The molecule has 0 bridgehead atoms. The number of hydrogen-bond donors (Lipinski definition) is 1. The van der Waals surface area contributed by atoms with Crippen molar-refractivity contribution in [2.45, 2.75) is 12.9 Å². The molecule has 1 N–H and O–H groups in total. The second-order valence-electron chi connectivity index (χ2n) is 7.74. The maximum atomic E-state index is 12.9. The van der Waals surface area contributed by atoms with E-state index in [1.807, 2.05) is 0 Å².